The number of nitrogens with zero attached hydrogens (tertiary/aromatic N) is 5. The maximum atomic E-state index is 6.14. The van der Waals surface area contributed by atoms with Crippen molar-refractivity contribution >= 4 is 34.1 Å². The molecule has 2 aromatic heterocycles. The highest BCUT2D eigenvalue weighted by Crippen LogP contribution is 2.35. The predicted molar refractivity (Wildman–Crippen MR) is 144 cm³/mol. The predicted octanol–water partition coefficient (Wildman–Crippen LogP) is 3.29. The van der Waals surface area contributed by atoms with Crippen LogP contribution in [0.4, 0.5) is 5.82 Å². The van der Waals surface area contributed by atoms with Gasteiger partial charge in [0, 0.05) is 44.2 Å². The zero-order valence-corrected chi connectivity index (χ0v) is 21.6. The lowest BCUT2D eigenvalue weighted by atomic mass is 10.1. The van der Waals surface area contributed by atoms with Crippen LogP contribution in [0.2, 0.25) is 0 Å². The van der Waals surface area contributed by atoms with E-state index >= 15 is 0 Å². The van der Waals surface area contributed by atoms with Crippen LogP contribution in [0.15, 0.2) is 41.3 Å². The molecule has 0 saturated carbocycles. The Bertz CT molecular complexity index is 1140. The first-order valence-electron chi connectivity index (χ1n) is 12.7. The first kappa shape index (κ1) is 24.6. The Kier molecular flexibility index (Phi) is 8.02. The van der Waals surface area contributed by atoms with Crippen molar-refractivity contribution in [1.29, 1.82) is 0 Å². The SMILES string of the molecule is COc1cc2c(N3CCN(C(=S)NCc4ccco4)CC3)ncnc2cc1OCCN1CCCCC1. The van der Waals surface area contributed by atoms with Gasteiger partial charge >= 0.3 is 0 Å². The highest BCUT2D eigenvalue weighted by atomic mass is 32.1. The smallest absolute Gasteiger partial charge is 0.169 e. The second kappa shape index (κ2) is 11.7. The Balaban J connectivity index is 1.22. The Hall–Kier alpha value is -3.11. The number of rotatable bonds is 8. The molecule has 3 aromatic rings. The number of hydrogen-bond acceptors (Lipinski definition) is 8. The average Bonchev–Trinajstić information content (AvgIpc) is 3.45. The Morgan fingerprint density at radius 3 is 2.64 bits per heavy atom. The third kappa shape index (κ3) is 5.82. The molecular formula is C26H34N6O3S. The summed E-state index contributed by atoms with van der Waals surface area (Å²) in [6, 6.07) is 7.79. The summed E-state index contributed by atoms with van der Waals surface area (Å²) in [5.41, 5.74) is 0.854. The molecule has 0 atom stereocenters. The van der Waals surface area contributed by atoms with Crippen LogP contribution in [-0.4, -0.2) is 84.4 Å². The number of ether oxygens (including phenoxy) is 2. The first-order valence-corrected chi connectivity index (χ1v) is 13.1. The maximum absolute atomic E-state index is 6.14. The molecule has 2 aliphatic heterocycles. The second-order valence-corrected chi connectivity index (χ2v) is 9.57. The molecule has 1 N–H and O–H groups in total. The molecule has 2 fully saturated rings. The van der Waals surface area contributed by atoms with E-state index in [0.717, 1.165) is 79.2 Å². The van der Waals surface area contributed by atoms with E-state index in [2.05, 4.69) is 30.0 Å². The molecule has 9 nitrogen and oxygen atoms in total. The molecule has 5 rings (SSSR count). The van der Waals surface area contributed by atoms with Crippen LogP contribution in [0.25, 0.3) is 10.9 Å². The van der Waals surface area contributed by atoms with Crippen LogP contribution in [0.1, 0.15) is 25.0 Å². The minimum Gasteiger partial charge on any atom is -0.493 e. The van der Waals surface area contributed by atoms with Crippen molar-refractivity contribution in [2.45, 2.75) is 25.8 Å². The fourth-order valence-electron chi connectivity index (χ4n) is 4.85. The van der Waals surface area contributed by atoms with Gasteiger partial charge in [0.05, 0.1) is 25.4 Å². The second-order valence-electron chi connectivity index (χ2n) is 9.18. The Morgan fingerprint density at radius 2 is 1.89 bits per heavy atom. The molecule has 2 aliphatic rings. The summed E-state index contributed by atoms with van der Waals surface area (Å²) in [4.78, 5) is 16.1. The number of piperidine rings is 1. The molecule has 10 heteroatoms. The first-order chi connectivity index (χ1) is 17.7. The number of furan rings is 1. The molecule has 0 aliphatic carbocycles. The number of fused-ring (bicyclic) bond motifs is 1. The van der Waals surface area contributed by atoms with E-state index in [1.165, 1.54) is 19.3 Å². The molecule has 36 heavy (non-hydrogen) atoms. The highest BCUT2D eigenvalue weighted by molar-refractivity contribution is 7.80. The van der Waals surface area contributed by atoms with Gasteiger partial charge in [0.15, 0.2) is 16.6 Å². The van der Waals surface area contributed by atoms with Crippen LogP contribution in [0, 0.1) is 0 Å². The summed E-state index contributed by atoms with van der Waals surface area (Å²) in [5, 5.41) is 4.99. The normalized spacial score (nSPS) is 16.8. The van der Waals surface area contributed by atoms with Crippen LogP contribution in [0.3, 0.4) is 0 Å². The minimum atomic E-state index is 0.588. The summed E-state index contributed by atoms with van der Waals surface area (Å²) in [7, 11) is 1.68. The maximum Gasteiger partial charge on any atom is 0.169 e. The van der Waals surface area contributed by atoms with Gasteiger partial charge < -0.3 is 29.0 Å². The van der Waals surface area contributed by atoms with E-state index < -0.39 is 0 Å². The van der Waals surface area contributed by atoms with Gasteiger partial charge in [-0.25, -0.2) is 9.97 Å². The van der Waals surface area contributed by atoms with E-state index in [1.54, 1.807) is 19.7 Å². The number of methoxy groups -OCH3 is 1. The van der Waals surface area contributed by atoms with Crippen LogP contribution < -0.4 is 19.7 Å². The highest BCUT2D eigenvalue weighted by Gasteiger charge is 2.22. The molecule has 0 spiro atoms. The zero-order valence-electron chi connectivity index (χ0n) is 20.8. The van der Waals surface area contributed by atoms with Crippen molar-refractivity contribution in [1.82, 2.24) is 25.1 Å². The summed E-state index contributed by atoms with van der Waals surface area (Å²) in [6.07, 6.45) is 7.19. The summed E-state index contributed by atoms with van der Waals surface area (Å²) >= 11 is 5.60. The lowest BCUT2D eigenvalue weighted by Crippen LogP contribution is -2.51. The van der Waals surface area contributed by atoms with Crippen molar-refractivity contribution in [2.75, 3.05) is 64.4 Å². The number of nitrogens with one attached hydrogen (secondary N) is 1. The Labute approximate surface area is 217 Å². The molecule has 1 aromatic carbocycles. The van der Waals surface area contributed by atoms with Crippen molar-refractivity contribution in [3.8, 4) is 11.5 Å². The van der Waals surface area contributed by atoms with Gasteiger partial charge in [-0.05, 0) is 56.3 Å². The summed E-state index contributed by atoms with van der Waals surface area (Å²) in [6.45, 7) is 7.71. The zero-order chi connectivity index (χ0) is 24.7. The number of thiocarbonyl (C=S) groups is 1. The van der Waals surface area contributed by atoms with E-state index in [-0.39, 0.29) is 0 Å². The average molecular weight is 511 g/mol. The van der Waals surface area contributed by atoms with Gasteiger partial charge in [-0.2, -0.15) is 0 Å². The largest absolute Gasteiger partial charge is 0.493 e. The van der Waals surface area contributed by atoms with Gasteiger partial charge in [0.2, 0.25) is 0 Å². The van der Waals surface area contributed by atoms with Crippen molar-refractivity contribution < 1.29 is 13.9 Å². The number of aromatic nitrogens is 2. The number of benzene rings is 1. The monoisotopic (exact) mass is 510 g/mol. The molecule has 4 heterocycles. The standard InChI is InChI=1S/C26H34N6O3S/c1-33-23-16-21-22(17-24(23)35-15-13-30-7-3-2-4-8-30)28-19-29-25(21)31-9-11-32(12-10-31)26(36)27-18-20-6-5-14-34-20/h5-6,14,16-17,19H,2-4,7-13,15,18H2,1H3,(H,27,36). The number of piperazine rings is 1. The van der Waals surface area contributed by atoms with Gasteiger partial charge in [0.1, 0.15) is 24.5 Å². The number of anilines is 1. The molecule has 2 saturated heterocycles. The van der Waals surface area contributed by atoms with E-state index in [9.17, 15) is 0 Å². The van der Waals surface area contributed by atoms with Crippen molar-refractivity contribution in [3.05, 3.63) is 42.6 Å². The third-order valence-corrected chi connectivity index (χ3v) is 7.28. The topological polar surface area (TPSA) is 79.1 Å². The fraction of sp³-hybridized carbons (Fsp3) is 0.500. The number of hydrogen-bond donors (Lipinski definition) is 1. The van der Waals surface area contributed by atoms with E-state index in [0.29, 0.717) is 18.9 Å². The van der Waals surface area contributed by atoms with Crippen LogP contribution >= 0.6 is 12.2 Å². The van der Waals surface area contributed by atoms with Crippen molar-refractivity contribution in [3.63, 3.8) is 0 Å². The lowest BCUT2D eigenvalue weighted by molar-refractivity contribution is 0.181. The van der Waals surface area contributed by atoms with E-state index in [4.69, 9.17) is 26.1 Å². The molecule has 0 unspecified atom stereocenters. The van der Waals surface area contributed by atoms with Crippen LogP contribution in [-0.2, 0) is 6.54 Å². The molecule has 0 amide bonds. The summed E-state index contributed by atoms with van der Waals surface area (Å²) < 4.78 is 17.2. The van der Waals surface area contributed by atoms with Crippen LogP contribution in [0.5, 0.6) is 11.5 Å². The van der Waals surface area contributed by atoms with Gasteiger partial charge in [0.25, 0.3) is 0 Å². The van der Waals surface area contributed by atoms with Gasteiger partial charge in [-0.1, -0.05) is 6.42 Å². The number of likely N-dealkylation sites (tertiary alicyclic amines) is 1. The minimum absolute atomic E-state index is 0.588. The molecular weight excluding hydrogens is 476 g/mol. The van der Waals surface area contributed by atoms with Crippen molar-refractivity contribution in [2.24, 2.45) is 0 Å². The third-order valence-electron chi connectivity index (χ3n) is 6.87. The van der Waals surface area contributed by atoms with Gasteiger partial charge in [-0.3, -0.25) is 4.90 Å². The quantitative estimate of drug-likeness (QED) is 0.456. The van der Waals surface area contributed by atoms with Gasteiger partial charge in [-0.15, -0.1) is 0 Å². The van der Waals surface area contributed by atoms with E-state index in [1.807, 2.05) is 24.3 Å². The Morgan fingerprint density at radius 1 is 1.06 bits per heavy atom. The molecule has 0 bridgehead atoms. The lowest BCUT2D eigenvalue weighted by Gasteiger charge is -2.37. The summed E-state index contributed by atoms with van der Waals surface area (Å²) in [5.74, 6) is 3.21. The molecule has 0 radical (unpaired) electrons. The molecule has 192 valence electrons. The fourth-order valence-corrected chi connectivity index (χ4v) is 5.11.